The summed E-state index contributed by atoms with van der Waals surface area (Å²) in [6.07, 6.45) is 2.08. The van der Waals surface area contributed by atoms with Crippen molar-refractivity contribution < 1.29 is 4.79 Å². The van der Waals surface area contributed by atoms with E-state index in [0.717, 1.165) is 33.2 Å². The number of allylic oxidation sites excluding steroid dienone is 2. The van der Waals surface area contributed by atoms with E-state index in [-0.39, 0.29) is 12.2 Å². The van der Waals surface area contributed by atoms with Crippen molar-refractivity contribution in [1.82, 2.24) is 14.8 Å². The van der Waals surface area contributed by atoms with E-state index in [1.54, 1.807) is 11.3 Å². The first-order valence-corrected chi connectivity index (χ1v) is 11.0. The predicted octanol–water partition coefficient (Wildman–Crippen LogP) is 5.72. The monoisotopic (exact) mass is 438 g/mol. The zero-order chi connectivity index (χ0) is 21.6. The SMILES string of the molecule is C/C=C(/C)C(=O)C[C@@H]1N=C(c2ccc(Cl)cc2)c2c(sc(C)c2C)-n2c(C)nnc21. The van der Waals surface area contributed by atoms with Gasteiger partial charge in [-0.05, 0) is 57.9 Å². The number of thiophene rings is 1. The third-order valence-corrected chi connectivity index (χ3v) is 7.05. The van der Waals surface area contributed by atoms with Crippen LogP contribution in [0.25, 0.3) is 5.00 Å². The first kappa shape index (κ1) is 20.7. The number of carbonyl (C=O) groups is 1. The van der Waals surface area contributed by atoms with Crippen molar-refractivity contribution >= 4 is 34.4 Å². The highest BCUT2D eigenvalue weighted by Gasteiger charge is 2.32. The van der Waals surface area contributed by atoms with Gasteiger partial charge in [0.15, 0.2) is 11.6 Å². The Kier molecular flexibility index (Phi) is 5.47. The van der Waals surface area contributed by atoms with Crippen LogP contribution in [0.5, 0.6) is 0 Å². The minimum Gasteiger partial charge on any atom is -0.294 e. The number of aryl methyl sites for hydroxylation is 2. The zero-order valence-corrected chi connectivity index (χ0v) is 19.2. The Labute approximate surface area is 185 Å². The number of nitrogens with zero attached hydrogens (tertiary/aromatic N) is 4. The largest absolute Gasteiger partial charge is 0.294 e. The van der Waals surface area contributed by atoms with Crippen LogP contribution in [-0.2, 0) is 4.79 Å². The van der Waals surface area contributed by atoms with Gasteiger partial charge >= 0.3 is 0 Å². The predicted molar refractivity (Wildman–Crippen MR) is 122 cm³/mol. The molecule has 1 aromatic carbocycles. The minimum absolute atomic E-state index is 0.0621. The van der Waals surface area contributed by atoms with E-state index in [2.05, 4.69) is 28.6 Å². The number of halogens is 1. The van der Waals surface area contributed by atoms with E-state index in [0.29, 0.717) is 10.8 Å². The lowest BCUT2D eigenvalue weighted by atomic mass is 9.99. The van der Waals surface area contributed by atoms with E-state index in [1.807, 2.05) is 51.1 Å². The third kappa shape index (κ3) is 3.44. The molecule has 7 heteroatoms. The van der Waals surface area contributed by atoms with Gasteiger partial charge in [0.25, 0.3) is 0 Å². The molecule has 0 radical (unpaired) electrons. The van der Waals surface area contributed by atoms with Gasteiger partial charge in [-0.2, -0.15) is 0 Å². The van der Waals surface area contributed by atoms with E-state index in [9.17, 15) is 4.79 Å². The summed E-state index contributed by atoms with van der Waals surface area (Å²) >= 11 is 7.84. The van der Waals surface area contributed by atoms with E-state index in [4.69, 9.17) is 16.6 Å². The van der Waals surface area contributed by atoms with Gasteiger partial charge in [0.05, 0.1) is 5.71 Å². The molecule has 0 unspecified atom stereocenters. The summed E-state index contributed by atoms with van der Waals surface area (Å²) in [5.74, 6) is 1.56. The second-order valence-corrected chi connectivity index (χ2v) is 9.14. The number of hydrogen-bond donors (Lipinski definition) is 0. The topological polar surface area (TPSA) is 60.1 Å². The Hall–Kier alpha value is -2.57. The number of carbonyl (C=O) groups excluding carboxylic acids is 1. The summed E-state index contributed by atoms with van der Waals surface area (Å²) in [4.78, 5) is 19.1. The Balaban J connectivity index is 1.98. The molecule has 0 saturated carbocycles. The van der Waals surface area contributed by atoms with Crippen LogP contribution in [0.3, 0.4) is 0 Å². The number of fused-ring (bicyclic) bond motifs is 3. The number of aliphatic imine (C=N–C) groups is 1. The fourth-order valence-corrected chi connectivity index (χ4v) is 4.97. The quantitative estimate of drug-likeness (QED) is 0.489. The fraction of sp³-hybridized carbons (Fsp3) is 0.304. The highest BCUT2D eigenvalue weighted by molar-refractivity contribution is 7.15. The second kappa shape index (κ2) is 7.93. The van der Waals surface area contributed by atoms with E-state index < -0.39 is 6.04 Å². The smallest absolute Gasteiger partial charge is 0.163 e. The van der Waals surface area contributed by atoms with Crippen LogP contribution in [0.15, 0.2) is 40.9 Å². The number of hydrogen-bond acceptors (Lipinski definition) is 5. The number of rotatable bonds is 4. The maximum atomic E-state index is 12.8. The highest BCUT2D eigenvalue weighted by Crippen LogP contribution is 2.39. The highest BCUT2D eigenvalue weighted by atomic mass is 35.5. The summed E-state index contributed by atoms with van der Waals surface area (Å²) < 4.78 is 2.06. The fourth-order valence-electron chi connectivity index (χ4n) is 3.63. The molecular formula is C23H23ClN4OS. The Morgan fingerprint density at radius 3 is 2.57 bits per heavy atom. The van der Waals surface area contributed by atoms with Crippen molar-refractivity contribution in [3.8, 4) is 5.00 Å². The van der Waals surface area contributed by atoms with Crippen LogP contribution < -0.4 is 0 Å². The van der Waals surface area contributed by atoms with Crippen molar-refractivity contribution in [2.75, 3.05) is 0 Å². The molecule has 1 atom stereocenters. The van der Waals surface area contributed by atoms with Gasteiger partial charge in [-0.1, -0.05) is 29.8 Å². The molecule has 0 N–H and O–H groups in total. The molecule has 0 bridgehead atoms. The molecule has 3 heterocycles. The lowest BCUT2D eigenvalue weighted by molar-refractivity contribution is -0.115. The standard InChI is InChI=1S/C23H23ClN4OS/c1-6-12(2)19(29)11-18-22-27-26-15(5)28(22)23-20(13(3)14(4)30-23)21(25-18)16-7-9-17(24)10-8-16/h6-10,18H,11H2,1-5H3/b12-6-/t18-/m0/s1. The van der Waals surface area contributed by atoms with Crippen LogP contribution in [-0.4, -0.2) is 26.3 Å². The van der Waals surface area contributed by atoms with Gasteiger partial charge in [-0.25, -0.2) is 0 Å². The van der Waals surface area contributed by atoms with Crippen molar-refractivity contribution in [3.05, 3.63) is 74.2 Å². The molecule has 2 aromatic heterocycles. The molecule has 30 heavy (non-hydrogen) atoms. The zero-order valence-electron chi connectivity index (χ0n) is 17.7. The normalized spacial score (nSPS) is 16.0. The molecular weight excluding hydrogens is 416 g/mol. The molecule has 5 nitrogen and oxygen atoms in total. The van der Waals surface area contributed by atoms with Crippen LogP contribution in [0.1, 0.15) is 59.5 Å². The Bertz CT molecular complexity index is 1200. The average Bonchev–Trinajstić information content (AvgIpc) is 3.20. The molecule has 0 saturated heterocycles. The van der Waals surface area contributed by atoms with Crippen molar-refractivity contribution in [2.45, 2.75) is 47.1 Å². The van der Waals surface area contributed by atoms with Crippen LogP contribution >= 0.6 is 22.9 Å². The van der Waals surface area contributed by atoms with Crippen LogP contribution in [0.2, 0.25) is 5.02 Å². The molecule has 1 aliphatic heterocycles. The van der Waals surface area contributed by atoms with Gasteiger partial charge in [-0.3, -0.25) is 14.4 Å². The van der Waals surface area contributed by atoms with Gasteiger partial charge in [0.1, 0.15) is 16.9 Å². The molecule has 0 fully saturated rings. The number of Topliss-reactive ketones (excluding diaryl/α,β-unsaturated/α-hetero) is 1. The molecule has 3 aromatic rings. The first-order valence-electron chi connectivity index (χ1n) is 9.84. The van der Waals surface area contributed by atoms with Gasteiger partial charge in [0.2, 0.25) is 0 Å². The summed E-state index contributed by atoms with van der Waals surface area (Å²) in [5, 5.41) is 10.5. The van der Waals surface area contributed by atoms with E-state index in [1.165, 1.54) is 10.4 Å². The molecule has 4 rings (SSSR count). The number of ketones is 1. The van der Waals surface area contributed by atoms with E-state index >= 15 is 0 Å². The summed E-state index contributed by atoms with van der Waals surface area (Å²) in [6, 6.07) is 7.28. The second-order valence-electron chi connectivity index (χ2n) is 7.50. The van der Waals surface area contributed by atoms with Crippen molar-refractivity contribution in [2.24, 2.45) is 4.99 Å². The number of aromatic nitrogens is 3. The van der Waals surface area contributed by atoms with Crippen molar-refractivity contribution in [1.29, 1.82) is 0 Å². The summed E-state index contributed by atoms with van der Waals surface area (Å²) in [6.45, 7) is 9.88. The summed E-state index contributed by atoms with van der Waals surface area (Å²) in [7, 11) is 0. The van der Waals surface area contributed by atoms with Crippen LogP contribution in [0.4, 0.5) is 0 Å². The molecule has 0 spiro atoms. The number of benzene rings is 1. The van der Waals surface area contributed by atoms with Crippen molar-refractivity contribution in [3.63, 3.8) is 0 Å². The maximum absolute atomic E-state index is 12.8. The molecule has 1 aliphatic rings. The maximum Gasteiger partial charge on any atom is 0.163 e. The van der Waals surface area contributed by atoms with Gasteiger partial charge in [0, 0.05) is 27.4 Å². The average molecular weight is 439 g/mol. The first-order chi connectivity index (χ1) is 14.3. The summed E-state index contributed by atoms with van der Waals surface area (Å²) in [5.41, 5.74) is 4.82. The lowest BCUT2D eigenvalue weighted by Crippen LogP contribution is -2.12. The van der Waals surface area contributed by atoms with Crippen LogP contribution in [0, 0.1) is 20.8 Å². The molecule has 0 aliphatic carbocycles. The molecule has 0 amide bonds. The van der Waals surface area contributed by atoms with Gasteiger partial charge in [-0.15, -0.1) is 21.5 Å². The molecule has 154 valence electrons. The third-order valence-electron chi connectivity index (χ3n) is 5.61. The minimum atomic E-state index is -0.418. The Morgan fingerprint density at radius 2 is 1.90 bits per heavy atom. The lowest BCUT2D eigenvalue weighted by Gasteiger charge is -2.12. The van der Waals surface area contributed by atoms with Gasteiger partial charge < -0.3 is 0 Å². The Morgan fingerprint density at radius 1 is 1.20 bits per heavy atom.